The summed E-state index contributed by atoms with van der Waals surface area (Å²) in [6.45, 7) is 0. The summed E-state index contributed by atoms with van der Waals surface area (Å²) in [5.41, 5.74) is 0. The lowest BCUT2D eigenvalue weighted by molar-refractivity contribution is 0.823. The van der Waals surface area contributed by atoms with Gasteiger partial charge in [0.1, 0.15) is 0 Å². The highest BCUT2D eigenvalue weighted by Gasteiger charge is -0.306. The smallest absolute Gasteiger partial charge is 0.344 e. The minimum absolute atomic E-state index is 0. The van der Waals surface area contributed by atoms with Gasteiger partial charge in [-0.2, -0.15) is 0 Å². The van der Waals surface area contributed by atoms with E-state index in [2.05, 4.69) is 0 Å². The van der Waals surface area contributed by atoms with Gasteiger partial charge in [0.25, 0.3) is 0 Å². The van der Waals surface area contributed by atoms with Crippen LogP contribution >= 0.6 is 0 Å². The predicted molar refractivity (Wildman–Crippen MR) is 249 cm³/mol. The lowest BCUT2D eigenvalue weighted by Crippen LogP contribution is -0.482. The van der Waals surface area contributed by atoms with Crippen molar-refractivity contribution in [3.63, 3.8) is 0 Å². The van der Waals surface area contributed by atoms with Crippen molar-refractivity contribution in [1.82, 2.24) is 172 Å². The molecule has 58 heteroatoms. The Bertz CT molecular complexity index is 58.0. The zero-order chi connectivity index (χ0) is 0. The third-order valence-electron chi connectivity index (χ3n) is 0. The Morgan fingerprint density at radius 1 is 0.0345 bits per heavy atom. The average Bonchev–Trinajstić information content (AvgIpc) is 0. The molecule has 58 heavy (non-hydrogen) atoms. The standard InChI is InChI=1S/28H3N.30H2O/h28*1H3;30*1H2. The van der Waals surface area contributed by atoms with Crippen LogP contribution < -0.4 is 172 Å². The van der Waals surface area contributed by atoms with Crippen LogP contribution in [0.1, 0.15) is 0 Å². The van der Waals surface area contributed by atoms with Gasteiger partial charge in [-0.15, -0.1) is 0 Å². The minimum Gasteiger partial charge on any atom is -0.412 e. The van der Waals surface area contributed by atoms with E-state index in [1.165, 1.54) is 0 Å². The molecule has 58 nitrogen and oxygen atoms in total. The molecule has 0 aromatic carbocycles. The third kappa shape index (κ3) is 27700. The molecule has 0 bridgehead atoms. The molecular formula is H144N28O30. The van der Waals surface area contributed by atoms with Crippen LogP contribution in [0, 0.1) is 0 Å². The fourth-order valence-corrected chi connectivity index (χ4v) is 0. The normalized spacial score (nSPS) is 0. The topological polar surface area (TPSA) is 1920 Å². The van der Waals surface area contributed by atoms with Crippen molar-refractivity contribution in [1.29, 1.82) is 0 Å². The first-order chi connectivity index (χ1) is 0. The van der Waals surface area contributed by atoms with E-state index >= 15 is 0 Å². The first-order valence-corrected chi connectivity index (χ1v) is 0. The Labute approximate surface area is 338 Å². The van der Waals surface area contributed by atoms with Crippen LogP contribution in [0.4, 0.5) is 0 Å². The molecule has 0 heterocycles. The molecule has 0 unspecified atom stereocenters. The van der Waals surface area contributed by atoms with Gasteiger partial charge >= 0.3 is 0 Å². The summed E-state index contributed by atoms with van der Waals surface area (Å²) >= 11 is 0. The van der Waals surface area contributed by atoms with Crippen molar-refractivity contribution in [3.8, 4) is 0 Å². The highest BCUT2D eigenvalue weighted by Crippen LogP contribution is -0.256. The van der Waals surface area contributed by atoms with E-state index in [0.717, 1.165) is 0 Å². The Morgan fingerprint density at radius 3 is 0.0345 bits per heavy atom. The zero-order valence-corrected chi connectivity index (χ0v) is 34.8. The molecule has 0 amide bonds. The molecule has 0 aliphatic heterocycles. The molecule has 464 valence electrons. The van der Waals surface area contributed by atoms with E-state index in [4.69, 9.17) is 0 Å². The molecule has 0 spiro atoms. The molecular weight excluding hydrogens is 872 g/mol. The van der Waals surface area contributed by atoms with Gasteiger partial charge < -0.3 is 337 Å². The fourth-order valence-electron chi connectivity index (χ4n) is 0. The van der Waals surface area contributed by atoms with E-state index in [1.54, 1.807) is 0 Å². The monoisotopic (exact) mass is 1020 g/mol. The van der Waals surface area contributed by atoms with Gasteiger partial charge in [0.15, 0.2) is 0 Å². The van der Waals surface area contributed by atoms with Crippen molar-refractivity contribution in [2.24, 2.45) is 0 Å². The van der Waals surface area contributed by atoms with E-state index in [0.29, 0.717) is 0 Å². The van der Waals surface area contributed by atoms with Gasteiger partial charge in [-0.3, -0.25) is 0 Å². The van der Waals surface area contributed by atoms with Gasteiger partial charge in [-0.05, 0) is 0 Å². The molecule has 144 N–H and O–H groups in total. The second kappa shape index (κ2) is 29300. The van der Waals surface area contributed by atoms with Crippen LogP contribution in [0.3, 0.4) is 0 Å². The Balaban J connectivity index is 0. The molecule has 0 aromatic rings. The molecule has 0 atom stereocenters. The lowest BCUT2D eigenvalue weighted by Gasteiger charge is -0.413. The van der Waals surface area contributed by atoms with E-state index in [1.807, 2.05) is 0 Å². The van der Waals surface area contributed by atoms with Crippen molar-refractivity contribution < 1.29 is 164 Å². The highest BCUT2D eigenvalue weighted by molar-refractivity contribution is 2.16. The summed E-state index contributed by atoms with van der Waals surface area (Å²) in [6, 6.07) is 0. The zero-order valence-electron chi connectivity index (χ0n) is 34.8. The first-order valence-electron chi connectivity index (χ1n) is 0. The van der Waals surface area contributed by atoms with Crippen molar-refractivity contribution >= 4 is 0 Å². The van der Waals surface area contributed by atoms with Crippen molar-refractivity contribution in [2.75, 3.05) is 0 Å². The molecule has 0 rings (SSSR count). The molecule has 0 aliphatic carbocycles. The second-order valence-corrected chi connectivity index (χ2v) is 0. The van der Waals surface area contributed by atoms with Crippen LogP contribution in [0.5, 0.6) is 0 Å². The maximum Gasteiger partial charge on any atom is -0.344 e. The van der Waals surface area contributed by atoms with Crippen LogP contribution in [0.2, 0.25) is 0 Å². The molecule has 0 aromatic heterocycles. The summed E-state index contributed by atoms with van der Waals surface area (Å²) in [5, 5.41) is 0. The molecule has 0 saturated carbocycles. The maximum absolute atomic E-state index is 0. The Kier molecular flexibility index (Phi) is 15600000. The minimum atomic E-state index is 0. The summed E-state index contributed by atoms with van der Waals surface area (Å²) < 4.78 is 0. The largest absolute Gasteiger partial charge is 0.412 e. The predicted octanol–water partition coefficient (Wildman–Crippen LogP) is -20.2. The molecule has 0 radical (unpaired) electrons. The van der Waals surface area contributed by atoms with Crippen LogP contribution in [0.25, 0.3) is 0 Å². The highest BCUT2D eigenvalue weighted by atomic mass is 16.0. The van der Waals surface area contributed by atoms with Gasteiger partial charge in [-0.25, -0.2) is 0 Å². The number of rotatable bonds is 0. The van der Waals surface area contributed by atoms with E-state index in [9.17, 15) is 0 Å². The third-order valence-corrected chi connectivity index (χ3v) is 0. The van der Waals surface area contributed by atoms with Gasteiger partial charge in [0.2, 0.25) is 0 Å². The molecule has 0 saturated heterocycles. The Hall–Kier alpha value is -2.32. The van der Waals surface area contributed by atoms with Crippen LogP contribution in [-0.2, 0) is 0 Å². The van der Waals surface area contributed by atoms with Crippen molar-refractivity contribution in [3.05, 3.63) is 0 Å². The average molecular weight is 1020 g/mol. The van der Waals surface area contributed by atoms with Gasteiger partial charge in [-0.1, -0.05) is 0 Å². The summed E-state index contributed by atoms with van der Waals surface area (Å²) in [7, 11) is 0. The number of hydrogen-bond donors (Lipinski definition) is 28. The first kappa shape index (κ1) is 30900. The van der Waals surface area contributed by atoms with E-state index in [-0.39, 0.29) is 337 Å². The molecule has 0 fully saturated rings. The molecule has 0 aliphatic rings. The van der Waals surface area contributed by atoms with Crippen molar-refractivity contribution in [2.45, 2.75) is 0 Å². The summed E-state index contributed by atoms with van der Waals surface area (Å²) in [5.74, 6) is 0. The van der Waals surface area contributed by atoms with E-state index < -0.39 is 0 Å². The van der Waals surface area contributed by atoms with Gasteiger partial charge in [0.05, 0.1) is 0 Å². The van der Waals surface area contributed by atoms with Crippen LogP contribution in [-0.4, -0.2) is 164 Å². The van der Waals surface area contributed by atoms with Crippen LogP contribution in [0.15, 0.2) is 0 Å². The van der Waals surface area contributed by atoms with Gasteiger partial charge in [0, 0.05) is 0 Å². The SMILES string of the molecule is N.N.N.N.N.N.N.N.N.N.N.N.N.N.N.N.N.N.N.N.N.N.N.N.N.N.N.N.O.O.O.O.O.O.O.O.O.O.O.O.O.O.O.O.O.O.O.O.O.O.O.O.O.O.O.O.O.O. The number of hydrogen-bond acceptors (Lipinski definition) is 28. The second-order valence-electron chi connectivity index (χ2n) is 0. The quantitative estimate of drug-likeness (QED) is 0.107. The fraction of sp³-hybridized carbons (Fsp3) is 0. The Morgan fingerprint density at radius 2 is 0.0345 bits per heavy atom. The summed E-state index contributed by atoms with van der Waals surface area (Å²) in [4.78, 5) is 0. The maximum atomic E-state index is 0. The summed E-state index contributed by atoms with van der Waals surface area (Å²) in [6.07, 6.45) is 0. The lowest BCUT2D eigenvalue weighted by atomic mass is 14.0.